The van der Waals surface area contributed by atoms with Gasteiger partial charge in [0.25, 0.3) is 0 Å². The number of nitrogens with zero attached hydrogens (tertiary/aromatic N) is 2. The van der Waals surface area contributed by atoms with Crippen LogP contribution in [0.25, 0.3) is 0 Å². The molecule has 4 heteroatoms. The van der Waals surface area contributed by atoms with Crippen molar-refractivity contribution in [2.75, 3.05) is 32.1 Å². The van der Waals surface area contributed by atoms with Crippen molar-refractivity contribution in [3.8, 4) is 6.07 Å². The van der Waals surface area contributed by atoms with E-state index in [-0.39, 0.29) is 0 Å². The molecule has 0 fully saturated rings. The number of hydrogen-bond acceptors (Lipinski definition) is 3. The highest BCUT2D eigenvalue weighted by Crippen LogP contribution is 2.22. The Morgan fingerprint density at radius 3 is 2.81 bits per heavy atom. The molecule has 0 atom stereocenters. The lowest BCUT2D eigenvalue weighted by atomic mass is 10.2. The minimum Gasteiger partial charge on any atom is -0.375 e. The van der Waals surface area contributed by atoms with Gasteiger partial charge in [0, 0.05) is 23.8 Å². The van der Waals surface area contributed by atoms with Gasteiger partial charge in [-0.05, 0) is 54.1 Å². The van der Waals surface area contributed by atoms with Crippen LogP contribution in [0, 0.1) is 11.3 Å². The number of nitriles is 1. The lowest BCUT2D eigenvalue weighted by molar-refractivity contribution is 0.713. The molecule has 86 valence electrons. The Hall–Kier alpha value is -1.05. The Labute approximate surface area is 105 Å². The molecule has 0 saturated carbocycles. The van der Waals surface area contributed by atoms with Crippen molar-refractivity contribution in [2.24, 2.45) is 0 Å². The van der Waals surface area contributed by atoms with Gasteiger partial charge in [-0.3, -0.25) is 0 Å². The second kappa shape index (κ2) is 6.51. The van der Waals surface area contributed by atoms with Gasteiger partial charge in [-0.2, -0.15) is 5.26 Å². The Morgan fingerprint density at radius 2 is 2.25 bits per heavy atom. The molecular formula is C12H16BrN3. The van der Waals surface area contributed by atoms with Crippen LogP contribution >= 0.6 is 15.9 Å². The smallest absolute Gasteiger partial charge is 0.100 e. The highest BCUT2D eigenvalue weighted by molar-refractivity contribution is 9.10. The molecule has 0 unspecified atom stereocenters. The van der Waals surface area contributed by atoms with Crippen molar-refractivity contribution in [3.63, 3.8) is 0 Å². The van der Waals surface area contributed by atoms with E-state index >= 15 is 0 Å². The topological polar surface area (TPSA) is 39.1 Å². The van der Waals surface area contributed by atoms with E-state index in [1.165, 1.54) is 0 Å². The van der Waals surface area contributed by atoms with E-state index in [4.69, 9.17) is 5.26 Å². The van der Waals surface area contributed by atoms with Crippen molar-refractivity contribution in [1.29, 1.82) is 5.26 Å². The van der Waals surface area contributed by atoms with Gasteiger partial charge in [0.15, 0.2) is 0 Å². The summed E-state index contributed by atoms with van der Waals surface area (Å²) in [5.74, 6) is 0. The number of hydrogen-bond donors (Lipinski definition) is 1. The average molecular weight is 282 g/mol. The largest absolute Gasteiger partial charge is 0.375 e. The van der Waals surface area contributed by atoms with E-state index in [9.17, 15) is 0 Å². The van der Waals surface area contributed by atoms with Crippen LogP contribution in [0.2, 0.25) is 0 Å². The van der Waals surface area contributed by atoms with Gasteiger partial charge < -0.3 is 10.2 Å². The predicted molar refractivity (Wildman–Crippen MR) is 70.7 cm³/mol. The molecule has 0 bridgehead atoms. The maximum atomic E-state index is 8.82. The number of halogens is 1. The molecular weight excluding hydrogens is 266 g/mol. The van der Waals surface area contributed by atoms with Crippen LogP contribution in [0.5, 0.6) is 0 Å². The number of nitrogens with one attached hydrogen (secondary N) is 1. The summed E-state index contributed by atoms with van der Waals surface area (Å²) in [7, 11) is 4.02. The van der Waals surface area contributed by atoms with Gasteiger partial charge in [0.1, 0.15) is 6.07 Å². The Morgan fingerprint density at radius 1 is 1.50 bits per heavy atom. The molecule has 16 heavy (non-hydrogen) atoms. The van der Waals surface area contributed by atoms with Crippen LogP contribution in [0.1, 0.15) is 12.0 Å². The lowest BCUT2D eigenvalue weighted by Crippen LogP contribution is -2.22. The van der Waals surface area contributed by atoms with Crippen molar-refractivity contribution in [2.45, 2.75) is 6.42 Å². The second-order valence-corrected chi connectivity index (χ2v) is 4.51. The van der Waals surface area contributed by atoms with Gasteiger partial charge in [0.05, 0.1) is 5.56 Å². The minimum atomic E-state index is 0.673. The highest BCUT2D eigenvalue weighted by Gasteiger charge is 2.04. The van der Waals surface area contributed by atoms with E-state index in [0.717, 1.165) is 29.7 Å². The summed E-state index contributed by atoms with van der Waals surface area (Å²) in [5.41, 5.74) is 1.80. The maximum absolute atomic E-state index is 8.82. The summed E-state index contributed by atoms with van der Waals surface area (Å²) >= 11 is 3.40. The van der Waals surface area contributed by atoms with Crippen LogP contribution in [0.4, 0.5) is 5.69 Å². The van der Waals surface area contributed by atoms with Gasteiger partial charge >= 0.3 is 0 Å². The minimum absolute atomic E-state index is 0.673. The lowest BCUT2D eigenvalue weighted by Gasteiger charge is -2.19. The van der Waals surface area contributed by atoms with Gasteiger partial charge in [-0.1, -0.05) is 0 Å². The zero-order valence-electron chi connectivity index (χ0n) is 9.63. The number of benzene rings is 1. The summed E-state index contributed by atoms with van der Waals surface area (Å²) in [5, 5.41) is 11.9. The fraction of sp³-hybridized carbons (Fsp3) is 0.417. The fourth-order valence-corrected chi connectivity index (χ4v) is 1.91. The van der Waals surface area contributed by atoms with Crippen molar-refractivity contribution in [1.82, 2.24) is 5.32 Å². The van der Waals surface area contributed by atoms with Gasteiger partial charge in [0.2, 0.25) is 0 Å². The van der Waals surface area contributed by atoms with E-state index in [1.54, 1.807) is 0 Å². The Balaban J connectivity index is 2.66. The first kappa shape index (κ1) is 13.0. The Kier molecular flexibility index (Phi) is 5.30. The Bertz CT molecular complexity index is 384. The standard InChI is InChI=1S/C12H16BrN3/c1-15-6-3-7-16(2)11-5-4-10(9-14)12(13)8-11/h4-5,8,15H,3,6-7H2,1-2H3. The maximum Gasteiger partial charge on any atom is 0.100 e. The third-order valence-corrected chi connectivity index (χ3v) is 3.09. The quantitative estimate of drug-likeness (QED) is 0.843. The number of anilines is 1. The first-order chi connectivity index (χ1) is 7.69. The molecule has 3 nitrogen and oxygen atoms in total. The third-order valence-electron chi connectivity index (χ3n) is 2.43. The molecule has 0 amide bonds. The van der Waals surface area contributed by atoms with Crippen LogP contribution < -0.4 is 10.2 Å². The molecule has 1 aromatic rings. The third kappa shape index (κ3) is 3.51. The molecule has 0 aliphatic carbocycles. The summed E-state index contributed by atoms with van der Waals surface area (Å²) in [6.07, 6.45) is 1.10. The van der Waals surface area contributed by atoms with Gasteiger partial charge in [-0.15, -0.1) is 0 Å². The molecule has 1 N–H and O–H groups in total. The molecule has 0 aromatic heterocycles. The van der Waals surface area contributed by atoms with E-state index in [1.807, 2.05) is 25.2 Å². The van der Waals surface area contributed by atoms with Crippen LogP contribution in [-0.4, -0.2) is 27.2 Å². The summed E-state index contributed by atoms with van der Waals surface area (Å²) in [6, 6.07) is 7.94. The zero-order chi connectivity index (χ0) is 12.0. The summed E-state index contributed by atoms with van der Waals surface area (Å²) < 4.78 is 0.855. The van der Waals surface area contributed by atoms with E-state index in [2.05, 4.69) is 39.3 Å². The van der Waals surface area contributed by atoms with Crippen molar-refractivity contribution < 1.29 is 0 Å². The van der Waals surface area contributed by atoms with Crippen molar-refractivity contribution >= 4 is 21.6 Å². The molecule has 0 aliphatic rings. The normalized spacial score (nSPS) is 9.88. The fourth-order valence-electron chi connectivity index (χ4n) is 1.45. The van der Waals surface area contributed by atoms with E-state index in [0.29, 0.717) is 5.56 Å². The molecule has 0 aliphatic heterocycles. The molecule has 0 radical (unpaired) electrons. The highest BCUT2D eigenvalue weighted by atomic mass is 79.9. The van der Waals surface area contributed by atoms with Gasteiger partial charge in [-0.25, -0.2) is 0 Å². The van der Waals surface area contributed by atoms with Crippen LogP contribution in [-0.2, 0) is 0 Å². The first-order valence-corrected chi connectivity index (χ1v) is 6.03. The molecule has 0 spiro atoms. The summed E-state index contributed by atoms with van der Waals surface area (Å²) in [4.78, 5) is 2.18. The van der Waals surface area contributed by atoms with Crippen LogP contribution in [0.15, 0.2) is 22.7 Å². The van der Waals surface area contributed by atoms with Crippen molar-refractivity contribution in [3.05, 3.63) is 28.2 Å². The SMILES string of the molecule is CNCCCN(C)c1ccc(C#N)c(Br)c1. The monoisotopic (exact) mass is 281 g/mol. The average Bonchev–Trinajstić information content (AvgIpc) is 2.29. The predicted octanol–water partition coefficient (Wildman–Crippen LogP) is 2.37. The number of rotatable bonds is 5. The molecule has 1 rings (SSSR count). The molecule has 0 heterocycles. The van der Waals surface area contributed by atoms with Crippen LogP contribution in [0.3, 0.4) is 0 Å². The zero-order valence-corrected chi connectivity index (χ0v) is 11.2. The molecule has 1 aromatic carbocycles. The molecule has 0 saturated heterocycles. The summed E-state index contributed by atoms with van der Waals surface area (Å²) in [6.45, 7) is 2.01. The van der Waals surface area contributed by atoms with E-state index < -0.39 is 0 Å². The second-order valence-electron chi connectivity index (χ2n) is 3.65. The first-order valence-electron chi connectivity index (χ1n) is 5.24.